The van der Waals surface area contributed by atoms with Crippen molar-refractivity contribution in [3.63, 3.8) is 0 Å². The Labute approximate surface area is 391 Å². The van der Waals surface area contributed by atoms with Gasteiger partial charge in [0.1, 0.15) is 13.2 Å². The molecule has 1 unspecified atom stereocenters. The molecule has 64 heavy (non-hydrogen) atoms. The number of allylic oxidation sites excluding steroid dienone is 24. The zero-order chi connectivity index (χ0) is 46.5. The minimum Gasteiger partial charge on any atom is -0.462 e. The number of rotatable bonds is 42. The van der Waals surface area contributed by atoms with E-state index in [-0.39, 0.29) is 44.0 Å². The third-order valence-electron chi connectivity index (χ3n) is 9.84. The van der Waals surface area contributed by atoms with Crippen LogP contribution in [0.25, 0.3) is 0 Å². The van der Waals surface area contributed by atoms with Crippen LogP contribution >= 0.6 is 0 Å². The molecular weight excluding hydrogens is 793 g/mol. The molecule has 0 aromatic heterocycles. The number of hydrogen-bond acceptors (Lipinski definition) is 6. The molecule has 0 aromatic carbocycles. The van der Waals surface area contributed by atoms with Crippen molar-refractivity contribution >= 4 is 17.9 Å². The van der Waals surface area contributed by atoms with Gasteiger partial charge in [-0.3, -0.25) is 14.4 Å². The van der Waals surface area contributed by atoms with Gasteiger partial charge in [-0.05, 0) is 83.5 Å². The lowest BCUT2D eigenvalue weighted by Gasteiger charge is -2.18. The average Bonchev–Trinajstić information content (AvgIpc) is 3.29. The van der Waals surface area contributed by atoms with Crippen LogP contribution in [-0.2, 0) is 28.6 Å². The largest absolute Gasteiger partial charge is 0.462 e. The van der Waals surface area contributed by atoms with E-state index in [1.165, 1.54) is 44.9 Å². The van der Waals surface area contributed by atoms with Crippen LogP contribution in [0.15, 0.2) is 146 Å². The Kier molecular flexibility index (Phi) is 47.2. The van der Waals surface area contributed by atoms with E-state index in [4.69, 9.17) is 14.2 Å². The molecule has 0 bridgehead atoms. The summed E-state index contributed by atoms with van der Waals surface area (Å²) in [4.78, 5) is 37.9. The molecule has 6 nitrogen and oxygen atoms in total. The van der Waals surface area contributed by atoms with Gasteiger partial charge in [0, 0.05) is 19.3 Å². The Morgan fingerprint density at radius 2 is 0.609 bits per heavy atom. The van der Waals surface area contributed by atoms with Crippen molar-refractivity contribution in [2.75, 3.05) is 13.2 Å². The first-order valence-corrected chi connectivity index (χ1v) is 25.0. The molecule has 0 fully saturated rings. The number of carbonyl (C=O) groups excluding carboxylic acids is 3. The van der Waals surface area contributed by atoms with Crippen molar-refractivity contribution in [3.8, 4) is 0 Å². The van der Waals surface area contributed by atoms with Gasteiger partial charge in [0.2, 0.25) is 0 Å². The van der Waals surface area contributed by atoms with Crippen LogP contribution in [0, 0.1) is 0 Å². The van der Waals surface area contributed by atoms with Gasteiger partial charge in [0.05, 0.1) is 0 Å². The smallest absolute Gasteiger partial charge is 0.306 e. The highest BCUT2D eigenvalue weighted by molar-refractivity contribution is 5.71. The van der Waals surface area contributed by atoms with Gasteiger partial charge in [0.15, 0.2) is 6.10 Å². The summed E-state index contributed by atoms with van der Waals surface area (Å²) in [6.45, 7) is 6.22. The SMILES string of the molecule is CC\C=C/C=C\C=C/C=C\C=C\C=C/CCCCCC(=O)OCC(COC(=O)CCCCC\C=C/C=C\C=C/C=C\CC)OC(=O)CCCCC/C=C\C=C/CCCCCCCCC. The summed E-state index contributed by atoms with van der Waals surface area (Å²) < 4.78 is 16.7. The Morgan fingerprint density at radius 3 is 0.969 bits per heavy atom. The van der Waals surface area contributed by atoms with E-state index in [0.717, 1.165) is 83.5 Å². The molecule has 0 N–H and O–H groups in total. The first kappa shape index (κ1) is 59.3. The zero-order valence-corrected chi connectivity index (χ0v) is 40.5. The molecule has 0 spiro atoms. The third kappa shape index (κ3) is 48.3. The lowest BCUT2D eigenvalue weighted by atomic mass is 10.1. The summed E-state index contributed by atoms with van der Waals surface area (Å²) in [6, 6.07) is 0. The highest BCUT2D eigenvalue weighted by Gasteiger charge is 2.19. The molecule has 0 saturated carbocycles. The topological polar surface area (TPSA) is 78.9 Å². The molecule has 0 aromatic rings. The second-order valence-electron chi connectivity index (χ2n) is 15.9. The predicted octanol–water partition coefficient (Wildman–Crippen LogP) is 16.5. The Bertz CT molecular complexity index is 1480. The summed E-state index contributed by atoms with van der Waals surface area (Å²) in [6.07, 6.45) is 72.6. The summed E-state index contributed by atoms with van der Waals surface area (Å²) in [5, 5.41) is 0. The fourth-order valence-electron chi connectivity index (χ4n) is 6.12. The third-order valence-corrected chi connectivity index (χ3v) is 9.84. The van der Waals surface area contributed by atoms with E-state index in [1.54, 1.807) is 0 Å². The molecule has 6 heteroatoms. The van der Waals surface area contributed by atoms with Crippen LogP contribution in [0.1, 0.15) is 181 Å². The fraction of sp³-hybridized carbons (Fsp3) is 0.534. The molecule has 0 aliphatic rings. The van der Waals surface area contributed by atoms with Gasteiger partial charge >= 0.3 is 17.9 Å². The van der Waals surface area contributed by atoms with E-state index in [9.17, 15) is 14.4 Å². The van der Waals surface area contributed by atoms with E-state index in [1.807, 2.05) is 97.2 Å². The molecule has 0 radical (unpaired) electrons. The fourth-order valence-corrected chi connectivity index (χ4v) is 6.12. The molecule has 1 atom stereocenters. The van der Waals surface area contributed by atoms with Crippen LogP contribution in [-0.4, -0.2) is 37.2 Å². The van der Waals surface area contributed by atoms with Crippen molar-refractivity contribution in [3.05, 3.63) is 146 Å². The van der Waals surface area contributed by atoms with Crippen molar-refractivity contribution in [2.24, 2.45) is 0 Å². The normalized spacial score (nSPS) is 13.4. The maximum Gasteiger partial charge on any atom is 0.306 e. The maximum atomic E-state index is 12.8. The summed E-state index contributed by atoms with van der Waals surface area (Å²) in [5.74, 6) is -1.05. The maximum absolute atomic E-state index is 12.8. The Morgan fingerprint density at radius 1 is 0.328 bits per heavy atom. The minimum atomic E-state index is -0.833. The zero-order valence-electron chi connectivity index (χ0n) is 40.5. The van der Waals surface area contributed by atoms with Gasteiger partial charge in [-0.2, -0.15) is 0 Å². The van der Waals surface area contributed by atoms with Crippen LogP contribution in [0.2, 0.25) is 0 Å². The number of hydrogen-bond donors (Lipinski definition) is 0. The molecule has 0 amide bonds. The summed E-state index contributed by atoms with van der Waals surface area (Å²) >= 11 is 0. The van der Waals surface area contributed by atoms with Gasteiger partial charge in [-0.1, -0.05) is 224 Å². The predicted molar refractivity (Wildman–Crippen MR) is 274 cm³/mol. The molecule has 0 aliphatic heterocycles. The average molecular weight is 881 g/mol. The quantitative estimate of drug-likeness (QED) is 0.0263. The molecule has 0 saturated heterocycles. The monoisotopic (exact) mass is 881 g/mol. The highest BCUT2D eigenvalue weighted by atomic mass is 16.6. The van der Waals surface area contributed by atoms with E-state index in [0.29, 0.717) is 19.3 Å². The van der Waals surface area contributed by atoms with E-state index < -0.39 is 6.10 Å². The van der Waals surface area contributed by atoms with E-state index >= 15 is 0 Å². The number of carbonyl (C=O) groups is 3. The Balaban J connectivity index is 4.62. The standard InChI is InChI=1S/C58H88O6/c1-4-7-10-13-16-19-22-25-27-29-31-33-36-39-42-45-48-51-57(60)63-54-55(53-62-56(59)50-47-44-41-38-35-32-24-21-18-15-12-9-6-3)64-58(61)52-49-46-43-40-37-34-30-28-26-23-20-17-14-11-8-5-2/h7,9-10,12-13,15-16,18-19,21-22,24-25,27-37,55H,4-6,8,11,14,17,20,23,26,38-54H2,1-3H3/b10-7-,12-9-,16-13-,18-15-,22-19-,24-21-,27-25-,30-28-,31-29+,35-32-,36-33-,37-34-. The minimum absolute atomic E-state index is 0.131. The molecule has 0 heterocycles. The van der Waals surface area contributed by atoms with Crippen LogP contribution in [0.5, 0.6) is 0 Å². The van der Waals surface area contributed by atoms with Gasteiger partial charge in [-0.15, -0.1) is 0 Å². The second-order valence-corrected chi connectivity index (χ2v) is 15.9. The second kappa shape index (κ2) is 50.9. The lowest BCUT2D eigenvalue weighted by molar-refractivity contribution is -0.167. The Hall–Kier alpha value is -4.71. The number of ether oxygens (including phenoxy) is 3. The summed E-state index contributed by atoms with van der Waals surface area (Å²) in [7, 11) is 0. The van der Waals surface area contributed by atoms with Crippen molar-refractivity contribution < 1.29 is 28.6 Å². The van der Waals surface area contributed by atoms with Crippen LogP contribution in [0.3, 0.4) is 0 Å². The van der Waals surface area contributed by atoms with Gasteiger partial charge in [-0.25, -0.2) is 0 Å². The highest BCUT2D eigenvalue weighted by Crippen LogP contribution is 2.12. The van der Waals surface area contributed by atoms with E-state index in [2.05, 4.69) is 69.4 Å². The first-order valence-electron chi connectivity index (χ1n) is 25.0. The first-order chi connectivity index (χ1) is 31.5. The molecule has 0 aliphatic carbocycles. The number of esters is 3. The number of unbranched alkanes of at least 4 members (excludes halogenated alkanes) is 16. The summed E-state index contributed by atoms with van der Waals surface area (Å²) in [5.41, 5.74) is 0. The lowest BCUT2D eigenvalue weighted by Crippen LogP contribution is -2.30. The van der Waals surface area contributed by atoms with Crippen molar-refractivity contribution in [1.29, 1.82) is 0 Å². The van der Waals surface area contributed by atoms with Gasteiger partial charge < -0.3 is 14.2 Å². The molecule has 356 valence electrons. The van der Waals surface area contributed by atoms with Crippen molar-refractivity contribution in [2.45, 2.75) is 187 Å². The van der Waals surface area contributed by atoms with Crippen LogP contribution < -0.4 is 0 Å². The van der Waals surface area contributed by atoms with Crippen LogP contribution in [0.4, 0.5) is 0 Å². The van der Waals surface area contributed by atoms with Crippen molar-refractivity contribution in [1.82, 2.24) is 0 Å². The molecular formula is C58H88O6. The molecule has 0 rings (SSSR count). The van der Waals surface area contributed by atoms with Gasteiger partial charge in [0.25, 0.3) is 0 Å².